The van der Waals surface area contributed by atoms with E-state index in [0.29, 0.717) is 0 Å². The molecule has 0 aromatic carbocycles. The van der Waals surface area contributed by atoms with E-state index in [0.717, 1.165) is 0 Å². The fraction of sp³-hybridized carbons (Fsp3) is 1.00. The van der Waals surface area contributed by atoms with Gasteiger partial charge in [0.2, 0.25) is 0 Å². The van der Waals surface area contributed by atoms with E-state index in [1.807, 2.05) is 20.8 Å². The molecular formula is C10H20F3NO2. The van der Waals surface area contributed by atoms with Gasteiger partial charge in [-0.05, 0) is 5.41 Å². The van der Waals surface area contributed by atoms with E-state index in [1.165, 1.54) is 0 Å². The fourth-order valence-electron chi connectivity index (χ4n) is 1.15. The number of hydrogen-bond acceptors (Lipinski definition) is 3. The van der Waals surface area contributed by atoms with Crippen molar-refractivity contribution in [2.24, 2.45) is 11.1 Å². The number of rotatable bonds is 5. The van der Waals surface area contributed by atoms with Crippen LogP contribution in [0.2, 0.25) is 0 Å². The molecule has 2 atom stereocenters. The van der Waals surface area contributed by atoms with E-state index in [4.69, 9.17) is 15.6 Å². The van der Waals surface area contributed by atoms with Gasteiger partial charge in [-0.25, -0.2) is 0 Å². The highest BCUT2D eigenvalue weighted by Gasteiger charge is 2.31. The van der Waals surface area contributed by atoms with Crippen molar-refractivity contribution in [2.75, 3.05) is 13.2 Å². The molecule has 0 rings (SSSR count). The van der Waals surface area contributed by atoms with Gasteiger partial charge in [0.1, 0.15) is 0 Å². The minimum Gasteiger partial charge on any atom is -0.394 e. The number of aliphatic hydroxyl groups excluding tert-OH is 1. The molecule has 0 fully saturated rings. The molecule has 6 heteroatoms. The Balaban J connectivity index is 4.12. The van der Waals surface area contributed by atoms with Crippen molar-refractivity contribution in [2.45, 2.75) is 45.5 Å². The summed E-state index contributed by atoms with van der Waals surface area (Å²) in [4.78, 5) is 0. The first-order chi connectivity index (χ1) is 7.08. The van der Waals surface area contributed by atoms with Gasteiger partial charge in [0, 0.05) is 6.04 Å². The normalized spacial score (nSPS) is 17.2. The van der Waals surface area contributed by atoms with Gasteiger partial charge in [0.25, 0.3) is 0 Å². The van der Waals surface area contributed by atoms with E-state index >= 15 is 0 Å². The van der Waals surface area contributed by atoms with Crippen LogP contribution in [-0.2, 0) is 4.74 Å². The summed E-state index contributed by atoms with van der Waals surface area (Å²) in [5.41, 5.74) is 5.46. The summed E-state index contributed by atoms with van der Waals surface area (Å²) in [6.07, 6.45) is -6.03. The highest BCUT2D eigenvalue weighted by molar-refractivity contribution is 4.84. The third-order valence-corrected chi connectivity index (χ3v) is 2.30. The van der Waals surface area contributed by atoms with E-state index in [9.17, 15) is 13.2 Å². The van der Waals surface area contributed by atoms with Crippen LogP contribution in [0.25, 0.3) is 0 Å². The van der Waals surface area contributed by atoms with Crippen LogP contribution >= 0.6 is 0 Å². The van der Waals surface area contributed by atoms with E-state index in [1.54, 1.807) is 0 Å². The molecule has 0 saturated heterocycles. The summed E-state index contributed by atoms with van der Waals surface area (Å²) in [6.45, 7) is 4.67. The number of hydrogen-bond donors (Lipinski definition) is 2. The van der Waals surface area contributed by atoms with Crippen LogP contribution in [-0.4, -0.2) is 36.6 Å². The lowest BCUT2D eigenvalue weighted by Crippen LogP contribution is -2.48. The number of nitrogens with two attached hydrogens (primary N) is 1. The van der Waals surface area contributed by atoms with Crippen molar-refractivity contribution in [3.8, 4) is 0 Å². The second-order valence-electron chi connectivity index (χ2n) is 4.85. The van der Waals surface area contributed by atoms with Crippen molar-refractivity contribution < 1.29 is 23.0 Å². The highest BCUT2D eigenvalue weighted by atomic mass is 19.4. The zero-order valence-electron chi connectivity index (χ0n) is 9.84. The third kappa shape index (κ3) is 6.30. The van der Waals surface area contributed by atoms with Gasteiger partial charge in [0.15, 0.2) is 0 Å². The Kier molecular flexibility index (Phi) is 5.72. The Hall–Kier alpha value is -0.330. The molecule has 0 heterocycles. The van der Waals surface area contributed by atoms with Crippen LogP contribution in [0.4, 0.5) is 13.2 Å². The summed E-state index contributed by atoms with van der Waals surface area (Å²) in [5.74, 6) is 0. The first-order valence-corrected chi connectivity index (χ1v) is 5.12. The number of ether oxygens (including phenoxy) is 1. The van der Waals surface area contributed by atoms with Crippen molar-refractivity contribution >= 4 is 0 Å². The average Bonchev–Trinajstić information content (AvgIpc) is 2.08. The summed E-state index contributed by atoms with van der Waals surface area (Å²) < 4.78 is 40.6. The molecule has 0 radical (unpaired) electrons. The van der Waals surface area contributed by atoms with Gasteiger partial charge in [-0.3, -0.25) is 0 Å². The highest BCUT2D eigenvalue weighted by Crippen LogP contribution is 2.23. The lowest BCUT2D eigenvalue weighted by molar-refractivity contribution is -0.153. The van der Waals surface area contributed by atoms with E-state index in [-0.39, 0.29) is 12.0 Å². The van der Waals surface area contributed by atoms with Crippen LogP contribution in [0, 0.1) is 5.41 Å². The molecule has 3 nitrogen and oxygen atoms in total. The third-order valence-electron chi connectivity index (χ3n) is 2.30. The fourth-order valence-corrected chi connectivity index (χ4v) is 1.15. The molecule has 0 amide bonds. The van der Waals surface area contributed by atoms with Crippen molar-refractivity contribution in [3.63, 3.8) is 0 Å². The molecule has 0 aliphatic heterocycles. The smallest absolute Gasteiger partial charge is 0.391 e. The number of halogens is 3. The SMILES string of the molecule is CC(C)(C)C(N)C(CO)OCCC(F)(F)F. The minimum atomic E-state index is -4.24. The summed E-state index contributed by atoms with van der Waals surface area (Å²) in [7, 11) is 0. The van der Waals surface area contributed by atoms with Crippen LogP contribution in [0.15, 0.2) is 0 Å². The van der Waals surface area contributed by atoms with Crippen LogP contribution < -0.4 is 5.73 Å². The van der Waals surface area contributed by atoms with Crippen molar-refractivity contribution in [1.82, 2.24) is 0 Å². The Morgan fingerprint density at radius 1 is 1.25 bits per heavy atom. The van der Waals surface area contributed by atoms with E-state index in [2.05, 4.69) is 0 Å². The van der Waals surface area contributed by atoms with Gasteiger partial charge >= 0.3 is 6.18 Å². The summed E-state index contributed by atoms with van der Waals surface area (Å²) >= 11 is 0. The van der Waals surface area contributed by atoms with Crippen LogP contribution in [0.5, 0.6) is 0 Å². The maximum absolute atomic E-state index is 11.9. The zero-order chi connectivity index (χ0) is 13.0. The predicted molar refractivity (Wildman–Crippen MR) is 54.9 cm³/mol. The van der Waals surface area contributed by atoms with Crippen molar-refractivity contribution in [1.29, 1.82) is 0 Å². The first kappa shape index (κ1) is 15.7. The first-order valence-electron chi connectivity index (χ1n) is 5.12. The van der Waals surface area contributed by atoms with Gasteiger partial charge in [-0.1, -0.05) is 20.8 Å². The van der Waals surface area contributed by atoms with Gasteiger partial charge in [-0.15, -0.1) is 0 Å². The lowest BCUT2D eigenvalue weighted by Gasteiger charge is -2.33. The molecule has 0 saturated carbocycles. The Morgan fingerprint density at radius 2 is 1.75 bits per heavy atom. The maximum Gasteiger partial charge on any atom is 0.391 e. The van der Waals surface area contributed by atoms with Gasteiger partial charge in [-0.2, -0.15) is 13.2 Å². The Labute approximate surface area is 93.8 Å². The van der Waals surface area contributed by atoms with Crippen LogP contribution in [0.1, 0.15) is 27.2 Å². The lowest BCUT2D eigenvalue weighted by atomic mass is 9.84. The molecule has 0 spiro atoms. The molecule has 0 bridgehead atoms. The second kappa shape index (κ2) is 5.84. The largest absolute Gasteiger partial charge is 0.394 e. The van der Waals surface area contributed by atoms with Gasteiger partial charge in [0.05, 0.1) is 25.7 Å². The maximum atomic E-state index is 11.9. The number of alkyl halides is 3. The molecule has 2 unspecified atom stereocenters. The molecule has 0 aliphatic rings. The van der Waals surface area contributed by atoms with E-state index < -0.39 is 31.3 Å². The van der Waals surface area contributed by atoms with Crippen LogP contribution in [0.3, 0.4) is 0 Å². The molecule has 0 aromatic heterocycles. The number of aliphatic hydroxyl groups is 1. The topological polar surface area (TPSA) is 55.5 Å². The molecule has 16 heavy (non-hydrogen) atoms. The molecular weight excluding hydrogens is 223 g/mol. The average molecular weight is 243 g/mol. The Bertz CT molecular complexity index is 201. The quantitative estimate of drug-likeness (QED) is 0.772. The monoisotopic (exact) mass is 243 g/mol. The predicted octanol–water partition coefficient (Wildman–Crippen LogP) is 1.69. The Morgan fingerprint density at radius 3 is 2.06 bits per heavy atom. The zero-order valence-corrected chi connectivity index (χ0v) is 9.84. The summed E-state index contributed by atoms with van der Waals surface area (Å²) in [6, 6.07) is -0.509. The van der Waals surface area contributed by atoms with Gasteiger partial charge < -0.3 is 15.6 Å². The molecule has 0 aliphatic carbocycles. The van der Waals surface area contributed by atoms with Crippen molar-refractivity contribution in [3.05, 3.63) is 0 Å². The standard InChI is InChI=1S/C10H20F3NO2/c1-9(2,3)8(14)7(6-15)16-5-4-10(11,12)13/h7-8,15H,4-6,14H2,1-3H3. The summed E-state index contributed by atoms with van der Waals surface area (Å²) in [5, 5.41) is 9.00. The molecule has 98 valence electrons. The minimum absolute atomic E-state index is 0.328. The molecule has 3 N–H and O–H groups in total. The molecule has 0 aromatic rings. The second-order valence-corrected chi connectivity index (χ2v) is 4.85.